The number of carbonyl (C=O) groups excluding carboxylic acids is 1. The van der Waals surface area contributed by atoms with Crippen LogP contribution in [0.25, 0.3) is 0 Å². The monoisotopic (exact) mass is 232 g/mol. The summed E-state index contributed by atoms with van der Waals surface area (Å²) >= 11 is 0. The largest absolute Gasteiger partial charge is 0.366 e. The molecule has 1 N–H and O–H groups in total. The van der Waals surface area contributed by atoms with E-state index in [9.17, 15) is 4.79 Å². The van der Waals surface area contributed by atoms with Crippen molar-refractivity contribution >= 4 is 17.4 Å². The van der Waals surface area contributed by atoms with Crippen LogP contribution in [0.3, 0.4) is 0 Å². The smallest absolute Gasteiger partial charge is 0.153 e. The van der Waals surface area contributed by atoms with Crippen molar-refractivity contribution in [1.29, 1.82) is 0 Å². The van der Waals surface area contributed by atoms with Crippen LogP contribution in [0.5, 0.6) is 0 Å². The summed E-state index contributed by atoms with van der Waals surface area (Å²) in [7, 11) is 0. The summed E-state index contributed by atoms with van der Waals surface area (Å²) in [5, 5.41) is 3.13. The van der Waals surface area contributed by atoms with Crippen molar-refractivity contribution in [2.75, 3.05) is 29.9 Å². The number of Topliss-reactive ketones (excluding diaryl/α,β-unsaturated/α-hetero) is 1. The van der Waals surface area contributed by atoms with Crippen LogP contribution >= 0.6 is 0 Å². The predicted octanol–water partition coefficient (Wildman–Crippen LogP) is 1.16. The molecule has 1 aliphatic rings. The zero-order valence-corrected chi connectivity index (χ0v) is 9.94. The Morgan fingerprint density at radius 1 is 1.59 bits per heavy atom. The zero-order chi connectivity index (χ0) is 12.3. The van der Waals surface area contributed by atoms with E-state index in [0.29, 0.717) is 25.3 Å². The molecule has 0 atom stereocenters. The van der Waals surface area contributed by atoms with Crippen LogP contribution in [-0.4, -0.2) is 35.4 Å². The lowest BCUT2D eigenvalue weighted by atomic mass is 10.4. The molecular formula is C12H16N4O. The first-order valence-corrected chi connectivity index (χ1v) is 5.66. The van der Waals surface area contributed by atoms with Gasteiger partial charge < -0.3 is 10.2 Å². The van der Waals surface area contributed by atoms with Crippen LogP contribution in [0.1, 0.15) is 12.2 Å². The lowest BCUT2D eigenvalue weighted by Gasteiger charge is -2.16. The fourth-order valence-corrected chi connectivity index (χ4v) is 1.81. The summed E-state index contributed by atoms with van der Waals surface area (Å²) < 4.78 is 0. The van der Waals surface area contributed by atoms with Crippen molar-refractivity contribution in [2.24, 2.45) is 0 Å². The molecule has 0 unspecified atom stereocenters. The van der Waals surface area contributed by atoms with Gasteiger partial charge in [0.15, 0.2) is 5.78 Å². The van der Waals surface area contributed by atoms with Crippen LogP contribution in [0.2, 0.25) is 0 Å². The van der Waals surface area contributed by atoms with E-state index >= 15 is 0 Å². The van der Waals surface area contributed by atoms with Crippen LogP contribution in [0.15, 0.2) is 18.7 Å². The SMILES string of the molecule is C=CCNc1cc(N2CCC(=O)C2)nc(C)n1. The maximum absolute atomic E-state index is 11.3. The number of aromatic nitrogens is 2. The molecule has 0 bridgehead atoms. The fourth-order valence-electron chi connectivity index (χ4n) is 1.81. The Kier molecular flexibility index (Phi) is 3.37. The lowest BCUT2D eigenvalue weighted by molar-refractivity contribution is -0.116. The Morgan fingerprint density at radius 2 is 2.41 bits per heavy atom. The van der Waals surface area contributed by atoms with Crippen molar-refractivity contribution in [3.63, 3.8) is 0 Å². The first kappa shape index (κ1) is 11.6. The second kappa shape index (κ2) is 4.95. The van der Waals surface area contributed by atoms with Crippen molar-refractivity contribution in [3.05, 3.63) is 24.5 Å². The zero-order valence-electron chi connectivity index (χ0n) is 9.94. The van der Waals surface area contributed by atoms with Crippen LogP contribution in [0.4, 0.5) is 11.6 Å². The Hall–Kier alpha value is -1.91. The van der Waals surface area contributed by atoms with E-state index in [2.05, 4.69) is 21.9 Å². The maximum Gasteiger partial charge on any atom is 0.153 e. The normalized spacial score (nSPS) is 15.1. The molecule has 5 heteroatoms. The Bertz CT molecular complexity index is 444. The van der Waals surface area contributed by atoms with Gasteiger partial charge in [0, 0.05) is 25.6 Å². The molecule has 1 saturated heterocycles. The van der Waals surface area contributed by atoms with Gasteiger partial charge in [-0.1, -0.05) is 6.08 Å². The molecule has 0 aromatic carbocycles. The second-order valence-electron chi connectivity index (χ2n) is 4.04. The number of carbonyl (C=O) groups is 1. The molecule has 0 saturated carbocycles. The Morgan fingerprint density at radius 3 is 3.06 bits per heavy atom. The van der Waals surface area contributed by atoms with Crippen molar-refractivity contribution in [1.82, 2.24) is 9.97 Å². The number of hydrogen-bond donors (Lipinski definition) is 1. The topological polar surface area (TPSA) is 58.1 Å². The van der Waals surface area contributed by atoms with E-state index in [1.807, 2.05) is 17.9 Å². The van der Waals surface area contributed by atoms with Gasteiger partial charge in [0.25, 0.3) is 0 Å². The van der Waals surface area contributed by atoms with Gasteiger partial charge in [0.2, 0.25) is 0 Å². The molecule has 5 nitrogen and oxygen atoms in total. The minimum absolute atomic E-state index is 0.266. The maximum atomic E-state index is 11.3. The van der Waals surface area contributed by atoms with Crippen molar-refractivity contribution in [2.45, 2.75) is 13.3 Å². The average molecular weight is 232 g/mol. The number of hydrogen-bond acceptors (Lipinski definition) is 5. The standard InChI is InChI=1S/C12H16N4O/c1-3-5-13-11-7-12(15-9(2)14-11)16-6-4-10(17)8-16/h3,7H,1,4-6,8H2,2H3,(H,13,14,15). The van der Waals surface area contributed by atoms with E-state index in [-0.39, 0.29) is 5.78 Å². The molecule has 1 aromatic rings. The third kappa shape index (κ3) is 2.81. The van der Waals surface area contributed by atoms with Crippen molar-refractivity contribution in [3.8, 4) is 0 Å². The first-order chi connectivity index (χ1) is 8.19. The molecule has 2 heterocycles. The molecule has 0 radical (unpaired) electrons. The number of rotatable bonds is 4. The molecular weight excluding hydrogens is 216 g/mol. The average Bonchev–Trinajstić information content (AvgIpc) is 2.72. The van der Waals surface area contributed by atoms with Gasteiger partial charge in [-0.15, -0.1) is 6.58 Å². The highest BCUT2D eigenvalue weighted by Crippen LogP contribution is 2.19. The van der Waals surface area contributed by atoms with E-state index in [1.165, 1.54) is 0 Å². The highest BCUT2D eigenvalue weighted by molar-refractivity contribution is 5.86. The molecule has 0 aliphatic carbocycles. The van der Waals surface area contributed by atoms with E-state index in [4.69, 9.17) is 0 Å². The molecule has 2 rings (SSSR count). The number of nitrogens with one attached hydrogen (secondary N) is 1. The Labute approximate surface area is 101 Å². The molecule has 1 fully saturated rings. The van der Waals surface area contributed by atoms with E-state index in [0.717, 1.165) is 18.2 Å². The van der Waals surface area contributed by atoms with Gasteiger partial charge in [-0.3, -0.25) is 4.79 Å². The van der Waals surface area contributed by atoms with E-state index in [1.54, 1.807) is 6.08 Å². The third-order valence-corrected chi connectivity index (χ3v) is 2.60. The van der Waals surface area contributed by atoms with Gasteiger partial charge in [0.05, 0.1) is 6.54 Å². The molecule has 0 spiro atoms. The highest BCUT2D eigenvalue weighted by Gasteiger charge is 2.21. The molecule has 17 heavy (non-hydrogen) atoms. The molecule has 1 aliphatic heterocycles. The predicted molar refractivity (Wildman–Crippen MR) is 67.3 cm³/mol. The first-order valence-electron chi connectivity index (χ1n) is 5.66. The quantitative estimate of drug-likeness (QED) is 0.789. The van der Waals surface area contributed by atoms with Crippen molar-refractivity contribution < 1.29 is 4.79 Å². The highest BCUT2D eigenvalue weighted by atomic mass is 16.1. The minimum Gasteiger partial charge on any atom is -0.366 e. The van der Waals surface area contributed by atoms with Gasteiger partial charge in [-0.25, -0.2) is 9.97 Å². The summed E-state index contributed by atoms with van der Waals surface area (Å²) in [6.45, 7) is 7.36. The second-order valence-corrected chi connectivity index (χ2v) is 4.04. The van der Waals surface area contributed by atoms with Crippen LogP contribution < -0.4 is 10.2 Å². The summed E-state index contributed by atoms with van der Waals surface area (Å²) in [6, 6.07) is 1.87. The van der Waals surface area contributed by atoms with Gasteiger partial charge in [-0.05, 0) is 6.92 Å². The molecule has 0 amide bonds. The summed E-state index contributed by atoms with van der Waals surface area (Å²) in [5.74, 6) is 2.55. The summed E-state index contributed by atoms with van der Waals surface area (Å²) in [5.41, 5.74) is 0. The van der Waals surface area contributed by atoms with Crippen LogP contribution in [-0.2, 0) is 4.79 Å². The van der Waals surface area contributed by atoms with Gasteiger partial charge in [-0.2, -0.15) is 0 Å². The fraction of sp³-hybridized carbons (Fsp3) is 0.417. The lowest BCUT2D eigenvalue weighted by Crippen LogP contribution is -2.21. The number of nitrogens with zero attached hydrogens (tertiary/aromatic N) is 3. The van der Waals surface area contributed by atoms with Gasteiger partial charge in [0.1, 0.15) is 17.5 Å². The Balaban J connectivity index is 2.18. The minimum atomic E-state index is 0.266. The molecule has 1 aromatic heterocycles. The summed E-state index contributed by atoms with van der Waals surface area (Å²) in [6.07, 6.45) is 2.38. The third-order valence-electron chi connectivity index (χ3n) is 2.60. The van der Waals surface area contributed by atoms with Crippen LogP contribution in [0, 0.1) is 6.92 Å². The summed E-state index contributed by atoms with van der Waals surface area (Å²) in [4.78, 5) is 21.9. The molecule has 90 valence electrons. The van der Waals surface area contributed by atoms with E-state index < -0.39 is 0 Å². The number of aryl methyl sites for hydroxylation is 1. The number of ketones is 1. The number of anilines is 2. The van der Waals surface area contributed by atoms with Gasteiger partial charge >= 0.3 is 0 Å².